The van der Waals surface area contributed by atoms with Gasteiger partial charge in [-0.15, -0.1) is 0 Å². The number of carbonyl (C=O) groups is 3. The molecule has 2 heterocycles. The van der Waals surface area contributed by atoms with Crippen molar-refractivity contribution in [3.05, 3.63) is 105 Å². The van der Waals surface area contributed by atoms with E-state index in [9.17, 15) is 18.8 Å². The third-order valence-electron chi connectivity index (χ3n) is 5.75. The lowest BCUT2D eigenvalue weighted by molar-refractivity contribution is -0.127. The molecule has 0 atom stereocenters. The van der Waals surface area contributed by atoms with Crippen LogP contribution < -0.4 is 5.32 Å². The fourth-order valence-corrected chi connectivity index (χ4v) is 5.16. The highest BCUT2D eigenvalue weighted by Gasteiger charge is 2.36. The molecular formula is C27H18Cl2FN3O3S. The van der Waals surface area contributed by atoms with E-state index in [2.05, 4.69) is 5.32 Å². The van der Waals surface area contributed by atoms with Crippen LogP contribution in [0.4, 0.5) is 14.9 Å². The van der Waals surface area contributed by atoms with Crippen LogP contribution in [0.1, 0.15) is 11.1 Å². The number of hydrogen-bond acceptors (Lipinski definition) is 4. The van der Waals surface area contributed by atoms with Crippen molar-refractivity contribution in [1.82, 2.24) is 9.47 Å². The van der Waals surface area contributed by atoms with E-state index in [1.54, 1.807) is 18.2 Å². The van der Waals surface area contributed by atoms with Crippen LogP contribution in [-0.4, -0.2) is 33.1 Å². The molecule has 0 unspecified atom stereocenters. The fourth-order valence-electron chi connectivity index (χ4n) is 4.01. The van der Waals surface area contributed by atoms with Gasteiger partial charge in [-0.1, -0.05) is 47.5 Å². The average molecular weight is 554 g/mol. The Morgan fingerprint density at radius 1 is 1.00 bits per heavy atom. The van der Waals surface area contributed by atoms with Gasteiger partial charge < -0.3 is 9.88 Å². The Labute approximate surface area is 225 Å². The molecule has 10 heteroatoms. The van der Waals surface area contributed by atoms with Gasteiger partial charge in [-0.25, -0.2) is 4.39 Å². The zero-order valence-electron chi connectivity index (χ0n) is 19.1. The highest BCUT2D eigenvalue weighted by atomic mass is 35.5. The van der Waals surface area contributed by atoms with Crippen LogP contribution in [0.25, 0.3) is 17.0 Å². The first-order valence-corrected chi connectivity index (χ1v) is 12.7. The molecular weight excluding hydrogens is 536 g/mol. The summed E-state index contributed by atoms with van der Waals surface area (Å²) in [5.41, 5.74) is 3.02. The minimum Gasteiger partial charge on any atom is -0.342 e. The largest absolute Gasteiger partial charge is 0.342 e. The molecule has 186 valence electrons. The standard InChI is InChI=1S/C27H18Cl2FN3O3S/c28-21-10-5-16(11-22(21)29)13-32-14-17(20-3-1-2-4-23(20)32)12-24-26(35)33(27(36)37-24)15-25(34)31-19-8-6-18(30)7-9-19/h1-12,14H,13,15H2,(H,31,34)/b24-12-. The molecule has 0 aliphatic carbocycles. The number of para-hydroxylation sites is 1. The van der Waals surface area contributed by atoms with Crippen LogP contribution in [0.5, 0.6) is 0 Å². The molecule has 1 aromatic heterocycles. The zero-order chi connectivity index (χ0) is 26.1. The van der Waals surface area contributed by atoms with Gasteiger partial charge >= 0.3 is 0 Å². The number of fused-ring (bicyclic) bond motifs is 1. The summed E-state index contributed by atoms with van der Waals surface area (Å²) in [4.78, 5) is 39.1. The summed E-state index contributed by atoms with van der Waals surface area (Å²) < 4.78 is 15.1. The Morgan fingerprint density at radius 3 is 2.51 bits per heavy atom. The van der Waals surface area contributed by atoms with E-state index < -0.39 is 29.4 Å². The van der Waals surface area contributed by atoms with Crippen LogP contribution in [-0.2, 0) is 16.1 Å². The first-order chi connectivity index (χ1) is 17.8. The Morgan fingerprint density at radius 2 is 1.76 bits per heavy atom. The summed E-state index contributed by atoms with van der Waals surface area (Å²) in [6, 6.07) is 18.4. The van der Waals surface area contributed by atoms with E-state index >= 15 is 0 Å². The number of benzene rings is 3. The minimum atomic E-state index is -0.562. The molecule has 1 aliphatic rings. The van der Waals surface area contributed by atoms with Crippen molar-refractivity contribution in [2.45, 2.75) is 6.54 Å². The van der Waals surface area contributed by atoms with E-state index in [-0.39, 0.29) is 4.91 Å². The van der Waals surface area contributed by atoms with Crippen molar-refractivity contribution >= 4 is 74.7 Å². The average Bonchev–Trinajstić information content (AvgIpc) is 3.35. The number of nitrogens with one attached hydrogen (secondary N) is 1. The number of carbonyl (C=O) groups excluding carboxylic acids is 3. The number of thioether (sulfide) groups is 1. The monoisotopic (exact) mass is 553 g/mol. The van der Waals surface area contributed by atoms with E-state index in [4.69, 9.17) is 23.2 Å². The van der Waals surface area contributed by atoms with Gasteiger partial charge in [0, 0.05) is 34.9 Å². The lowest BCUT2D eigenvalue weighted by Gasteiger charge is -2.12. The van der Waals surface area contributed by atoms with Crippen LogP contribution in [0.15, 0.2) is 77.8 Å². The summed E-state index contributed by atoms with van der Waals surface area (Å²) in [5, 5.41) is 3.87. The van der Waals surface area contributed by atoms with E-state index in [1.807, 2.05) is 41.1 Å². The quantitative estimate of drug-likeness (QED) is 0.266. The second kappa shape index (κ2) is 10.4. The first-order valence-electron chi connectivity index (χ1n) is 11.1. The summed E-state index contributed by atoms with van der Waals surface area (Å²) in [7, 11) is 0. The van der Waals surface area contributed by atoms with Gasteiger partial charge in [-0.2, -0.15) is 0 Å². The Hall–Kier alpha value is -3.59. The van der Waals surface area contributed by atoms with Crippen molar-refractivity contribution in [3.8, 4) is 0 Å². The summed E-state index contributed by atoms with van der Waals surface area (Å²) in [5.74, 6) is -1.55. The molecule has 5 rings (SSSR count). The number of rotatable bonds is 6. The molecule has 0 saturated carbocycles. The number of halogens is 3. The van der Waals surface area contributed by atoms with Crippen molar-refractivity contribution in [2.75, 3.05) is 11.9 Å². The minimum absolute atomic E-state index is 0.219. The van der Waals surface area contributed by atoms with E-state index in [1.165, 1.54) is 24.3 Å². The van der Waals surface area contributed by atoms with Gasteiger partial charge in [0.15, 0.2) is 0 Å². The Kier molecular flexibility index (Phi) is 7.06. The number of imide groups is 1. The van der Waals surface area contributed by atoms with Crippen molar-refractivity contribution in [2.24, 2.45) is 0 Å². The van der Waals surface area contributed by atoms with Crippen molar-refractivity contribution < 1.29 is 18.8 Å². The second-order valence-corrected chi connectivity index (χ2v) is 10.1. The molecule has 3 aromatic carbocycles. The number of anilines is 1. The second-order valence-electron chi connectivity index (χ2n) is 8.30. The summed E-state index contributed by atoms with van der Waals surface area (Å²) in [6.07, 6.45) is 3.57. The Balaban J connectivity index is 1.37. The molecule has 1 fully saturated rings. The predicted octanol–water partition coefficient (Wildman–Crippen LogP) is 6.81. The smallest absolute Gasteiger partial charge is 0.294 e. The van der Waals surface area contributed by atoms with E-state index in [0.29, 0.717) is 22.3 Å². The maximum Gasteiger partial charge on any atom is 0.294 e. The molecule has 4 aromatic rings. The number of nitrogens with zero attached hydrogens (tertiary/aromatic N) is 2. The lowest BCUT2D eigenvalue weighted by atomic mass is 10.1. The van der Waals surface area contributed by atoms with Gasteiger partial charge in [0.1, 0.15) is 12.4 Å². The molecule has 0 spiro atoms. The summed E-state index contributed by atoms with van der Waals surface area (Å²) >= 11 is 13.0. The highest BCUT2D eigenvalue weighted by molar-refractivity contribution is 8.18. The number of aromatic nitrogens is 1. The fraction of sp³-hybridized carbons (Fsp3) is 0.0741. The van der Waals surface area contributed by atoms with Gasteiger partial charge in [0.2, 0.25) is 5.91 Å². The van der Waals surface area contributed by atoms with Crippen molar-refractivity contribution in [3.63, 3.8) is 0 Å². The highest BCUT2D eigenvalue weighted by Crippen LogP contribution is 2.34. The van der Waals surface area contributed by atoms with Crippen molar-refractivity contribution in [1.29, 1.82) is 0 Å². The number of hydrogen-bond donors (Lipinski definition) is 1. The predicted molar refractivity (Wildman–Crippen MR) is 145 cm³/mol. The van der Waals surface area contributed by atoms with E-state index in [0.717, 1.165) is 38.7 Å². The maximum atomic E-state index is 13.1. The maximum absolute atomic E-state index is 13.1. The van der Waals surface area contributed by atoms with Gasteiger partial charge in [0.25, 0.3) is 11.1 Å². The van der Waals surface area contributed by atoms with Gasteiger partial charge in [-0.3, -0.25) is 19.3 Å². The zero-order valence-corrected chi connectivity index (χ0v) is 21.4. The van der Waals surface area contributed by atoms with Crippen LogP contribution in [0, 0.1) is 5.82 Å². The third kappa shape index (κ3) is 5.41. The topological polar surface area (TPSA) is 71.4 Å². The normalized spacial score (nSPS) is 14.7. The van der Waals surface area contributed by atoms with Crippen LogP contribution >= 0.6 is 35.0 Å². The van der Waals surface area contributed by atoms with Gasteiger partial charge in [0.05, 0.1) is 15.0 Å². The first kappa shape index (κ1) is 25.1. The molecule has 0 radical (unpaired) electrons. The molecule has 6 nitrogen and oxygen atoms in total. The Bertz CT molecular complexity index is 1580. The SMILES string of the molecule is O=C(CN1C(=O)S/C(=C\c2cn(Cc3ccc(Cl)c(Cl)c3)c3ccccc23)C1=O)Nc1ccc(F)cc1. The van der Waals surface area contributed by atoms with Crippen LogP contribution in [0.2, 0.25) is 10.0 Å². The lowest BCUT2D eigenvalue weighted by Crippen LogP contribution is -2.36. The molecule has 1 N–H and O–H groups in total. The molecule has 3 amide bonds. The van der Waals surface area contributed by atoms with Crippen LogP contribution in [0.3, 0.4) is 0 Å². The third-order valence-corrected chi connectivity index (χ3v) is 7.39. The molecule has 1 saturated heterocycles. The molecule has 1 aliphatic heterocycles. The molecule has 0 bridgehead atoms. The van der Waals surface area contributed by atoms with Gasteiger partial charge in [-0.05, 0) is 65.9 Å². The summed E-state index contributed by atoms with van der Waals surface area (Å²) in [6.45, 7) is 0.0781. The number of amides is 3. The molecule has 37 heavy (non-hydrogen) atoms.